The van der Waals surface area contributed by atoms with Crippen molar-refractivity contribution in [3.05, 3.63) is 66.0 Å². The molecule has 2 N–H and O–H groups in total. The zero-order valence-corrected chi connectivity index (χ0v) is 14.7. The molecule has 2 heterocycles. The van der Waals surface area contributed by atoms with Crippen molar-refractivity contribution in [2.24, 2.45) is 10.7 Å². The van der Waals surface area contributed by atoms with Gasteiger partial charge in [-0.05, 0) is 56.5 Å². The fourth-order valence-corrected chi connectivity index (χ4v) is 2.70. The Morgan fingerprint density at radius 2 is 1.96 bits per heavy atom. The summed E-state index contributed by atoms with van der Waals surface area (Å²) >= 11 is 0. The molecule has 0 saturated carbocycles. The number of hydrogen-bond donors (Lipinski definition) is 1. The normalized spacial score (nSPS) is 16.0. The number of rotatable bonds is 6. The third kappa shape index (κ3) is 6.98. The maximum absolute atomic E-state index is 11.5. The number of aromatic nitrogens is 1. The molecule has 1 unspecified atom stereocenters. The SMILES string of the molecule is C1=NC(c2cccnc2)CCC1.NCCCCC(=O)c1ccccc1. The second kappa shape index (κ2) is 11.3. The fraction of sp³-hybridized carbons (Fsp3) is 0.381. The second-order valence-electron chi connectivity index (χ2n) is 6.10. The van der Waals surface area contributed by atoms with E-state index in [2.05, 4.69) is 16.0 Å². The summed E-state index contributed by atoms with van der Waals surface area (Å²) in [6.07, 6.45) is 11.7. The minimum atomic E-state index is 0.217. The van der Waals surface area contributed by atoms with E-state index in [-0.39, 0.29) is 5.78 Å². The number of carbonyl (C=O) groups excluding carboxylic acids is 1. The van der Waals surface area contributed by atoms with Crippen LogP contribution >= 0.6 is 0 Å². The van der Waals surface area contributed by atoms with Crippen molar-refractivity contribution in [1.82, 2.24) is 4.98 Å². The molecule has 1 aliphatic rings. The Hall–Kier alpha value is -2.33. The molecular weight excluding hydrogens is 310 g/mol. The average Bonchev–Trinajstić information content (AvgIpc) is 2.71. The number of pyridine rings is 1. The first kappa shape index (κ1) is 19.0. The Balaban J connectivity index is 0.000000181. The van der Waals surface area contributed by atoms with Crippen LogP contribution in [0, 0.1) is 0 Å². The minimum Gasteiger partial charge on any atom is -0.330 e. The van der Waals surface area contributed by atoms with E-state index in [1.54, 1.807) is 6.20 Å². The number of nitrogens with zero attached hydrogens (tertiary/aromatic N) is 2. The molecule has 4 nitrogen and oxygen atoms in total. The number of unbranched alkanes of at least 4 members (excludes halogenated alkanes) is 1. The smallest absolute Gasteiger partial charge is 0.162 e. The number of benzene rings is 1. The molecule has 132 valence electrons. The molecule has 2 aromatic rings. The molecule has 0 bridgehead atoms. The Morgan fingerprint density at radius 3 is 2.60 bits per heavy atom. The summed E-state index contributed by atoms with van der Waals surface area (Å²) in [4.78, 5) is 20.0. The fourth-order valence-electron chi connectivity index (χ4n) is 2.70. The summed E-state index contributed by atoms with van der Waals surface area (Å²) in [6.45, 7) is 0.669. The highest BCUT2D eigenvalue weighted by Crippen LogP contribution is 2.24. The topological polar surface area (TPSA) is 68.3 Å². The zero-order chi connectivity index (χ0) is 17.7. The van der Waals surface area contributed by atoms with Gasteiger partial charge in [-0.2, -0.15) is 0 Å². The van der Waals surface area contributed by atoms with Gasteiger partial charge < -0.3 is 5.73 Å². The van der Waals surface area contributed by atoms with E-state index < -0.39 is 0 Å². The van der Waals surface area contributed by atoms with Crippen LogP contribution in [0.3, 0.4) is 0 Å². The lowest BCUT2D eigenvalue weighted by Gasteiger charge is -2.14. The Labute approximate surface area is 150 Å². The first-order valence-electron chi connectivity index (χ1n) is 9.01. The van der Waals surface area contributed by atoms with Crippen molar-refractivity contribution >= 4 is 12.0 Å². The van der Waals surface area contributed by atoms with Gasteiger partial charge in [0.2, 0.25) is 0 Å². The van der Waals surface area contributed by atoms with Gasteiger partial charge in [-0.15, -0.1) is 0 Å². The lowest BCUT2D eigenvalue weighted by Crippen LogP contribution is -2.02. The van der Waals surface area contributed by atoms with Crippen LogP contribution in [-0.4, -0.2) is 23.5 Å². The molecule has 3 rings (SSSR count). The van der Waals surface area contributed by atoms with Crippen LogP contribution in [0.1, 0.15) is 60.5 Å². The Kier molecular flexibility index (Phi) is 8.56. The largest absolute Gasteiger partial charge is 0.330 e. The van der Waals surface area contributed by atoms with Crippen molar-refractivity contribution < 1.29 is 4.79 Å². The number of hydrogen-bond acceptors (Lipinski definition) is 4. The summed E-state index contributed by atoms with van der Waals surface area (Å²) in [6, 6.07) is 13.8. The first-order valence-corrected chi connectivity index (χ1v) is 9.01. The van der Waals surface area contributed by atoms with Gasteiger partial charge in [0.1, 0.15) is 0 Å². The van der Waals surface area contributed by atoms with Crippen molar-refractivity contribution in [2.75, 3.05) is 6.54 Å². The van der Waals surface area contributed by atoms with Gasteiger partial charge in [0.15, 0.2) is 5.78 Å². The van der Waals surface area contributed by atoms with E-state index in [9.17, 15) is 4.79 Å². The van der Waals surface area contributed by atoms with Crippen LogP contribution < -0.4 is 5.73 Å². The Morgan fingerprint density at radius 1 is 1.12 bits per heavy atom. The molecule has 0 fully saturated rings. The number of ketones is 1. The van der Waals surface area contributed by atoms with Crippen molar-refractivity contribution in [2.45, 2.75) is 44.6 Å². The highest BCUT2D eigenvalue weighted by Gasteiger charge is 2.11. The second-order valence-corrected chi connectivity index (χ2v) is 6.10. The lowest BCUT2D eigenvalue weighted by molar-refractivity contribution is 0.0979. The van der Waals surface area contributed by atoms with E-state index in [0.29, 0.717) is 19.0 Å². The van der Waals surface area contributed by atoms with Crippen LogP contribution in [0.2, 0.25) is 0 Å². The highest BCUT2D eigenvalue weighted by atomic mass is 16.1. The Bertz CT molecular complexity index is 641. The maximum Gasteiger partial charge on any atom is 0.162 e. The highest BCUT2D eigenvalue weighted by molar-refractivity contribution is 5.95. The molecule has 0 aliphatic carbocycles. The predicted octanol–water partition coefficient (Wildman–Crippen LogP) is 4.38. The molecule has 1 aliphatic heterocycles. The van der Waals surface area contributed by atoms with Crippen LogP contribution in [-0.2, 0) is 0 Å². The number of carbonyl (C=O) groups is 1. The van der Waals surface area contributed by atoms with Gasteiger partial charge in [0.25, 0.3) is 0 Å². The lowest BCUT2D eigenvalue weighted by atomic mass is 10.0. The van der Waals surface area contributed by atoms with Gasteiger partial charge in [0, 0.05) is 24.4 Å². The van der Waals surface area contributed by atoms with E-state index in [4.69, 9.17) is 5.73 Å². The average molecular weight is 337 g/mol. The van der Waals surface area contributed by atoms with Gasteiger partial charge in [-0.1, -0.05) is 36.4 Å². The van der Waals surface area contributed by atoms with Gasteiger partial charge in [0.05, 0.1) is 6.04 Å². The van der Waals surface area contributed by atoms with Crippen LogP contribution in [0.4, 0.5) is 0 Å². The van der Waals surface area contributed by atoms with E-state index >= 15 is 0 Å². The minimum absolute atomic E-state index is 0.217. The van der Waals surface area contributed by atoms with Crippen molar-refractivity contribution in [1.29, 1.82) is 0 Å². The molecule has 1 aromatic heterocycles. The summed E-state index contributed by atoms with van der Waals surface area (Å²) in [5, 5.41) is 0. The summed E-state index contributed by atoms with van der Waals surface area (Å²) in [7, 11) is 0. The molecule has 0 radical (unpaired) electrons. The summed E-state index contributed by atoms with van der Waals surface area (Å²) in [5.74, 6) is 0.217. The zero-order valence-electron chi connectivity index (χ0n) is 14.7. The van der Waals surface area contributed by atoms with Gasteiger partial charge in [-0.25, -0.2) is 0 Å². The molecular formula is C21H27N3O. The molecule has 0 amide bonds. The number of Topliss-reactive ketones (excluding diaryl/α,β-unsaturated/α-hetero) is 1. The van der Waals surface area contributed by atoms with Gasteiger partial charge >= 0.3 is 0 Å². The summed E-state index contributed by atoms with van der Waals surface area (Å²) < 4.78 is 0. The first-order chi connectivity index (χ1) is 12.3. The third-order valence-electron chi connectivity index (χ3n) is 4.12. The van der Waals surface area contributed by atoms with E-state index in [1.807, 2.05) is 48.8 Å². The van der Waals surface area contributed by atoms with Crippen LogP contribution in [0.25, 0.3) is 0 Å². The third-order valence-corrected chi connectivity index (χ3v) is 4.12. The standard InChI is InChI=1S/C11H15NO.C10H12N2/c12-9-5-4-8-11(13)10-6-2-1-3-7-10;1-2-7-12-10(5-1)9-4-3-6-11-8-9/h1-3,6-7H,4-5,8-9,12H2;3-4,6-8,10H,1-2,5H2. The monoisotopic (exact) mass is 337 g/mol. The molecule has 1 aromatic carbocycles. The van der Waals surface area contributed by atoms with Crippen LogP contribution in [0.5, 0.6) is 0 Å². The van der Waals surface area contributed by atoms with Crippen molar-refractivity contribution in [3.8, 4) is 0 Å². The predicted molar refractivity (Wildman–Crippen MR) is 103 cm³/mol. The molecule has 0 spiro atoms. The van der Waals surface area contributed by atoms with Crippen molar-refractivity contribution in [3.63, 3.8) is 0 Å². The van der Waals surface area contributed by atoms with Crippen LogP contribution in [0.15, 0.2) is 59.9 Å². The molecule has 1 atom stereocenters. The molecule has 25 heavy (non-hydrogen) atoms. The molecule has 4 heteroatoms. The quantitative estimate of drug-likeness (QED) is 0.628. The summed E-state index contributed by atoms with van der Waals surface area (Å²) in [5.41, 5.74) is 7.39. The number of aliphatic imine (C=N–C) groups is 1. The maximum atomic E-state index is 11.5. The van der Waals surface area contributed by atoms with E-state index in [1.165, 1.54) is 18.4 Å². The number of nitrogens with two attached hydrogens (primary N) is 1. The molecule has 0 saturated heterocycles. The van der Waals surface area contributed by atoms with Gasteiger partial charge in [-0.3, -0.25) is 14.8 Å². The van der Waals surface area contributed by atoms with E-state index in [0.717, 1.165) is 24.8 Å².